The van der Waals surface area contributed by atoms with Gasteiger partial charge in [-0.25, -0.2) is 4.98 Å². The van der Waals surface area contributed by atoms with Crippen LogP contribution in [0.25, 0.3) is 0 Å². The molecular weight excluding hydrogens is 196 g/mol. The number of rotatable bonds is 5. The summed E-state index contributed by atoms with van der Waals surface area (Å²) in [5.41, 5.74) is 2.83. The number of aromatic nitrogens is 2. The molecule has 1 aromatic rings. The molecule has 2 heteroatoms. The molecule has 0 saturated carbocycles. The summed E-state index contributed by atoms with van der Waals surface area (Å²) in [6.45, 7) is 13.6. The molecule has 0 aliphatic rings. The minimum absolute atomic E-state index is 0.221. The molecule has 1 atom stereocenters. The number of nitrogens with one attached hydrogen (secondary N) is 1. The summed E-state index contributed by atoms with van der Waals surface area (Å²) in [6, 6.07) is 0. The average Bonchev–Trinajstić information content (AvgIpc) is 2.76. The lowest BCUT2D eigenvalue weighted by Crippen LogP contribution is -2.23. The second kappa shape index (κ2) is 5.03. The van der Waals surface area contributed by atoms with Gasteiger partial charge in [-0.05, 0) is 18.8 Å². The first kappa shape index (κ1) is 13.3. The van der Waals surface area contributed by atoms with E-state index in [4.69, 9.17) is 0 Å². The van der Waals surface area contributed by atoms with Crippen LogP contribution in [0.3, 0.4) is 0 Å². The largest absolute Gasteiger partial charge is 0.348 e. The fourth-order valence-electron chi connectivity index (χ4n) is 2.05. The van der Waals surface area contributed by atoms with E-state index in [2.05, 4.69) is 51.5 Å². The molecule has 0 spiro atoms. The third kappa shape index (κ3) is 2.31. The van der Waals surface area contributed by atoms with Crippen molar-refractivity contribution in [1.29, 1.82) is 0 Å². The molecule has 0 radical (unpaired) electrons. The van der Waals surface area contributed by atoms with Crippen LogP contribution in [-0.2, 0) is 5.41 Å². The van der Waals surface area contributed by atoms with Crippen LogP contribution >= 0.6 is 0 Å². The van der Waals surface area contributed by atoms with Crippen LogP contribution in [0.2, 0.25) is 0 Å². The molecule has 1 aromatic heterocycles. The van der Waals surface area contributed by atoms with Gasteiger partial charge in [-0.2, -0.15) is 0 Å². The van der Waals surface area contributed by atoms with Crippen molar-refractivity contribution in [1.82, 2.24) is 9.97 Å². The SMILES string of the molecule is CCC(C)(CC)c1nc[nH]c1C(C)C(C)C. The van der Waals surface area contributed by atoms with E-state index in [0.29, 0.717) is 11.8 Å². The Kier molecular flexibility index (Phi) is 4.17. The second-order valence-corrected chi connectivity index (χ2v) is 5.47. The molecule has 1 unspecified atom stereocenters. The van der Waals surface area contributed by atoms with Crippen LogP contribution in [-0.4, -0.2) is 9.97 Å². The van der Waals surface area contributed by atoms with E-state index in [1.807, 2.05) is 6.33 Å². The summed E-state index contributed by atoms with van der Waals surface area (Å²) in [5.74, 6) is 1.20. The Bertz CT molecular complexity index is 321. The molecule has 0 bridgehead atoms. The van der Waals surface area contributed by atoms with Gasteiger partial charge in [-0.15, -0.1) is 0 Å². The lowest BCUT2D eigenvalue weighted by molar-refractivity contribution is 0.413. The predicted molar refractivity (Wildman–Crippen MR) is 69.8 cm³/mol. The number of hydrogen-bond donors (Lipinski definition) is 1. The van der Waals surface area contributed by atoms with E-state index >= 15 is 0 Å². The Balaban J connectivity index is 3.11. The van der Waals surface area contributed by atoms with E-state index in [-0.39, 0.29) is 5.41 Å². The third-order valence-corrected chi connectivity index (χ3v) is 4.26. The molecule has 0 saturated heterocycles. The van der Waals surface area contributed by atoms with Crippen molar-refractivity contribution in [2.45, 2.75) is 65.7 Å². The van der Waals surface area contributed by atoms with Crippen molar-refractivity contribution in [2.24, 2.45) is 5.92 Å². The zero-order valence-corrected chi connectivity index (χ0v) is 11.6. The van der Waals surface area contributed by atoms with Crippen LogP contribution in [0.4, 0.5) is 0 Å². The summed E-state index contributed by atoms with van der Waals surface area (Å²) in [6.07, 6.45) is 4.14. The van der Waals surface area contributed by atoms with Gasteiger partial charge in [0.1, 0.15) is 0 Å². The molecule has 1 heterocycles. The first-order chi connectivity index (χ1) is 7.46. The highest BCUT2D eigenvalue weighted by molar-refractivity contribution is 5.24. The summed E-state index contributed by atoms with van der Waals surface area (Å²) < 4.78 is 0. The van der Waals surface area contributed by atoms with Gasteiger partial charge in [0.15, 0.2) is 0 Å². The van der Waals surface area contributed by atoms with Crippen molar-refractivity contribution < 1.29 is 0 Å². The normalized spacial score (nSPS) is 14.4. The Morgan fingerprint density at radius 2 is 1.81 bits per heavy atom. The number of hydrogen-bond acceptors (Lipinski definition) is 1. The Morgan fingerprint density at radius 1 is 1.25 bits per heavy atom. The monoisotopic (exact) mass is 222 g/mol. The molecular formula is C14H26N2. The second-order valence-electron chi connectivity index (χ2n) is 5.47. The minimum atomic E-state index is 0.221. The summed E-state index contributed by atoms with van der Waals surface area (Å²) in [7, 11) is 0. The minimum Gasteiger partial charge on any atom is -0.348 e. The molecule has 16 heavy (non-hydrogen) atoms. The molecule has 2 nitrogen and oxygen atoms in total. The first-order valence-electron chi connectivity index (χ1n) is 6.50. The maximum Gasteiger partial charge on any atom is 0.0925 e. The van der Waals surface area contributed by atoms with Crippen molar-refractivity contribution in [3.63, 3.8) is 0 Å². The van der Waals surface area contributed by atoms with E-state index in [9.17, 15) is 0 Å². The first-order valence-corrected chi connectivity index (χ1v) is 6.50. The van der Waals surface area contributed by atoms with Crippen LogP contribution in [0.1, 0.15) is 71.7 Å². The Hall–Kier alpha value is -0.790. The van der Waals surface area contributed by atoms with Gasteiger partial charge in [-0.3, -0.25) is 0 Å². The number of aromatic amines is 1. The summed E-state index contributed by atoms with van der Waals surface area (Å²) in [4.78, 5) is 7.93. The average molecular weight is 222 g/mol. The number of H-pyrrole nitrogens is 1. The quantitative estimate of drug-likeness (QED) is 0.792. The van der Waals surface area contributed by atoms with Gasteiger partial charge in [0.2, 0.25) is 0 Å². The standard InChI is InChI=1S/C14H26N2/c1-7-14(6,8-2)13-12(15-9-16-13)11(5)10(3)4/h9-11H,7-8H2,1-6H3,(H,15,16). The maximum atomic E-state index is 4.58. The fraction of sp³-hybridized carbons (Fsp3) is 0.786. The highest BCUT2D eigenvalue weighted by Crippen LogP contribution is 2.35. The number of imidazole rings is 1. The van der Waals surface area contributed by atoms with Gasteiger partial charge in [-0.1, -0.05) is 41.5 Å². The van der Waals surface area contributed by atoms with E-state index in [1.165, 1.54) is 11.4 Å². The van der Waals surface area contributed by atoms with Gasteiger partial charge >= 0.3 is 0 Å². The predicted octanol–water partition coefficient (Wildman–Crippen LogP) is 4.25. The Labute approximate surface area is 99.9 Å². The zero-order chi connectivity index (χ0) is 12.3. The topological polar surface area (TPSA) is 28.7 Å². The molecule has 0 amide bonds. The highest BCUT2D eigenvalue weighted by Gasteiger charge is 2.30. The molecule has 0 aromatic carbocycles. The third-order valence-electron chi connectivity index (χ3n) is 4.26. The highest BCUT2D eigenvalue weighted by atomic mass is 14.9. The smallest absolute Gasteiger partial charge is 0.0925 e. The van der Waals surface area contributed by atoms with Gasteiger partial charge < -0.3 is 4.98 Å². The number of nitrogens with zero attached hydrogens (tertiary/aromatic N) is 1. The van der Waals surface area contributed by atoms with Crippen molar-refractivity contribution >= 4 is 0 Å². The molecule has 1 N–H and O–H groups in total. The van der Waals surface area contributed by atoms with Gasteiger partial charge in [0.05, 0.1) is 12.0 Å². The lowest BCUT2D eigenvalue weighted by atomic mass is 9.78. The summed E-state index contributed by atoms with van der Waals surface area (Å²) in [5, 5.41) is 0. The maximum absolute atomic E-state index is 4.58. The van der Waals surface area contributed by atoms with Crippen LogP contribution < -0.4 is 0 Å². The van der Waals surface area contributed by atoms with E-state index in [0.717, 1.165) is 12.8 Å². The van der Waals surface area contributed by atoms with Gasteiger partial charge in [0, 0.05) is 17.0 Å². The molecule has 1 rings (SSSR count). The van der Waals surface area contributed by atoms with Gasteiger partial charge in [0.25, 0.3) is 0 Å². The fourth-order valence-corrected chi connectivity index (χ4v) is 2.05. The van der Waals surface area contributed by atoms with E-state index in [1.54, 1.807) is 0 Å². The van der Waals surface area contributed by atoms with Crippen molar-refractivity contribution in [3.8, 4) is 0 Å². The molecule has 0 aliphatic carbocycles. The van der Waals surface area contributed by atoms with Crippen LogP contribution in [0.15, 0.2) is 6.33 Å². The Morgan fingerprint density at radius 3 is 2.25 bits per heavy atom. The van der Waals surface area contributed by atoms with Crippen molar-refractivity contribution in [3.05, 3.63) is 17.7 Å². The lowest BCUT2D eigenvalue weighted by Gasteiger charge is -2.28. The molecule has 0 aliphatic heterocycles. The van der Waals surface area contributed by atoms with Crippen LogP contribution in [0.5, 0.6) is 0 Å². The zero-order valence-electron chi connectivity index (χ0n) is 11.6. The van der Waals surface area contributed by atoms with E-state index < -0.39 is 0 Å². The molecule has 0 fully saturated rings. The summed E-state index contributed by atoms with van der Waals surface area (Å²) >= 11 is 0. The van der Waals surface area contributed by atoms with Crippen molar-refractivity contribution in [2.75, 3.05) is 0 Å². The molecule has 92 valence electrons. The van der Waals surface area contributed by atoms with Crippen LogP contribution in [0, 0.1) is 5.92 Å².